The summed E-state index contributed by atoms with van der Waals surface area (Å²) in [6, 6.07) is 5.00. The first-order chi connectivity index (χ1) is 8.43. The Bertz CT molecular complexity index is 577. The molecule has 0 aliphatic rings. The molecule has 98 valence electrons. The zero-order chi connectivity index (χ0) is 13.4. The maximum absolute atomic E-state index is 3.52. The minimum Gasteiger partial charge on any atom is -0.346 e. The van der Waals surface area contributed by atoms with Crippen molar-refractivity contribution in [2.75, 3.05) is 0 Å². The monoisotopic (exact) mass is 244 g/mol. The lowest BCUT2D eigenvalue weighted by molar-refractivity contribution is 0.571. The number of rotatable bonds is 3. The topological polar surface area (TPSA) is 17.0 Å². The van der Waals surface area contributed by atoms with E-state index >= 15 is 0 Å². The van der Waals surface area contributed by atoms with Crippen molar-refractivity contribution in [2.24, 2.45) is 7.05 Å². The first kappa shape index (κ1) is 13.2. The van der Waals surface area contributed by atoms with Gasteiger partial charge in [-0.15, -0.1) is 0 Å². The molecule has 2 heteroatoms. The van der Waals surface area contributed by atoms with Crippen molar-refractivity contribution in [1.82, 2.24) is 9.88 Å². The third-order valence-electron chi connectivity index (χ3n) is 3.96. The summed E-state index contributed by atoms with van der Waals surface area (Å²) in [7, 11) is 2.18. The lowest BCUT2D eigenvalue weighted by atomic mass is 10.0. The first-order valence-electron chi connectivity index (χ1n) is 6.71. The predicted molar refractivity (Wildman–Crippen MR) is 79.1 cm³/mol. The molecule has 2 rings (SSSR count). The third-order valence-corrected chi connectivity index (χ3v) is 3.96. The molecule has 0 saturated heterocycles. The molecule has 2 aromatic rings. The van der Waals surface area contributed by atoms with Gasteiger partial charge in [-0.05, 0) is 37.5 Å². The van der Waals surface area contributed by atoms with Crippen molar-refractivity contribution >= 4 is 10.9 Å². The van der Waals surface area contributed by atoms with Crippen molar-refractivity contribution in [3.8, 4) is 0 Å². The second kappa shape index (κ2) is 4.77. The van der Waals surface area contributed by atoms with E-state index in [1.54, 1.807) is 0 Å². The highest BCUT2D eigenvalue weighted by atomic mass is 15.0. The van der Waals surface area contributed by atoms with E-state index in [9.17, 15) is 0 Å². The van der Waals surface area contributed by atoms with Gasteiger partial charge in [0.1, 0.15) is 0 Å². The molecule has 0 atom stereocenters. The molecule has 1 aromatic heterocycles. The second-order valence-electron chi connectivity index (χ2n) is 5.57. The summed E-state index contributed by atoms with van der Waals surface area (Å²) in [4.78, 5) is 0. The smallest absolute Gasteiger partial charge is 0.0515 e. The van der Waals surface area contributed by atoms with E-state index < -0.39 is 0 Å². The summed E-state index contributed by atoms with van der Waals surface area (Å²) in [5.41, 5.74) is 6.95. The van der Waals surface area contributed by atoms with Gasteiger partial charge < -0.3 is 9.88 Å². The van der Waals surface area contributed by atoms with Gasteiger partial charge in [-0.25, -0.2) is 0 Å². The van der Waals surface area contributed by atoms with Gasteiger partial charge in [0, 0.05) is 30.7 Å². The Balaban J connectivity index is 2.59. The molecule has 0 radical (unpaired) electrons. The summed E-state index contributed by atoms with van der Waals surface area (Å²) in [6.07, 6.45) is 0. The van der Waals surface area contributed by atoms with Crippen LogP contribution in [0.1, 0.15) is 36.2 Å². The molecule has 1 heterocycles. The molecular formula is C16H24N2. The van der Waals surface area contributed by atoms with Crippen LogP contribution in [-0.4, -0.2) is 10.6 Å². The highest BCUT2D eigenvalue weighted by Crippen LogP contribution is 2.28. The van der Waals surface area contributed by atoms with E-state index in [1.165, 1.54) is 33.3 Å². The molecule has 0 aliphatic carbocycles. The Morgan fingerprint density at radius 2 is 1.78 bits per heavy atom. The minimum atomic E-state index is 0.519. The van der Waals surface area contributed by atoms with Crippen molar-refractivity contribution in [3.63, 3.8) is 0 Å². The Morgan fingerprint density at radius 1 is 1.11 bits per heavy atom. The van der Waals surface area contributed by atoms with Gasteiger partial charge in [-0.2, -0.15) is 0 Å². The summed E-state index contributed by atoms with van der Waals surface area (Å²) in [6.45, 7) is 11.9. The van der Waals surface area contributed by atoms with Gasteiger partial charge in [-0.3, -0.25) is 0 Å². The van der Waals surface area contributed by atoms with Crippen LogP contribution >= 0.6 is 0 Å². The molecule has 1 aromatic carbocycles. The molecule has 0 unspecified atom stereocenters. The Kier molecular flexibility index (Phi) is 3.49. The summed E-state index contributed by atoms with van der Waals surface area (Å²) >= 11 is 0. The number of nitrogens with zero attached hydrogens (tertiary/aromatic N) is 1. The molecule has 2 nitrogen and oxygen atoms in total. The molecule has 1 N–H and O–H groups in total. The minimum absolute atomic E-state index is 0.519. The molecule has 0 spiro atoms. The third kappa shape index (κ3) is 2.05. The maximum Gasteiger partial charge on any atom is 0.0515 e. The molecule has 0 fully saturated rings. The summed E-state index contributed by atoms with van der Waals surface area (Å²) in [5, 5.41) is 4.91. The molecular weight excluding hydrogens is 220 g/mol. The standard InChI is InChI=1S/C16H24N2/c1-10(2)17-9-15-13(5)14-8-7-11(3)12(4)16(14)18(15)6/h7-8,10,17H,9H2,1-6H3. The summed E-state index contributed by atoms with van der Waals surface area (Å²) in [5.74, 6) is 0. The van der Waals surface area contributed by atoms with Crippen molar-refractivity contribution in [2.45, 2.75) is 47.2 Å². The molecule has 0 saturated carbocycles. The van der Waals surface area contributed by atoms with Gasteiger partial charge >= 0.3 is 0 Å². The molecule has 0 aliphatic heterocycles. The number of nitrogens with one attached hydrogen (secondary N) is 1. The van der Waals surface area contributed by atoms with Crippen LogP contribution in [0, 0.1) is 20.8 Å². The van der Waals surface area contributed by atoms with Crippen LogP contribution in [0.4, 0.5) is 0 Å². The number of hydrogen-bond donors (Lipinski definition) is 1. The largest absolute Gasteiger partial charge is 0.346 e. The Hall–Kier alpha value is -1.28. The number of hydrogen-bond acceptors (Lipinski definition) is 1. The van der Waals surface area contributed by atoms with Crippen molar-refractivity contribution in [3.05, 3.63) is 34.5 Å². The fourth-order valence-corrected chi connectivity index (χ4v) is 2.63. The highest BCUT2D eigenvalue weighted by molar-refractivity contribution is 5.88. The van der Waals surface area contributed by atoms with Crippen LogP contribution in [0.25, 0.3) is 10.9 Å². The second-order valence-corrected chi connectivity index (χ2v) is 5.57. The normalized spacial score (nSPS) is 11.7. The fourth-order valence-electron chi connectivity index (χ4n) is 2.63. The zero-order valence-electron chi connectivity index (χ0n) is 12.4. The van der Waals surface area contributed by atoms with Crippen LogP contribution in [-0.2, 0) is 13.6 Å². The molecule has 0 amide bonds. The number of benzene rings is 1. The quantitative estimate of drug-likeness (QED) is 0.873. The van der Waals surface area contributed by atoms with Gasteiger partial charge in [0.2, 0.25) is 0 Å². The lowest BCUT2D eigenvalue weighted by Gasteiger charge is -2.11. The van der Waals surface area contributed by atoms with Crippen LogP contribution < -0.4 is 5.32 Å². The fraction of sp³-hybridized carbons (Fsp3) is 0.500. The van der Waals surface area contributed by atoms with E-state index in [-0.39, 0.29) is 0 Å². The zero-order valence-corrected chi connectivity index (χ0v) is 12.4. The number of aromatic nitrogens is 1. The highest BCUT2D eigenvalue weighted by Gasteiger charge is 2.14. The van der Waals surface area contributed by atoms with Gasteiger partial charge in [0.25, 0.3) is 0 Å². The van der Waals surface area contributed by atoms with Crippen molar-refractivity contribution < 1.29 is 0 Å². The van der Waals surface area contributed by atoms with E-state index in [1.807, 2.05) is 0 Å². The van der Waals surface area contributed by atoms with Crippen LogP contribution in [0.5, 0.6) is 0 Å². The SMILES string of the molecule is Cc1ccc2c(C)c(CNC(C)C)n(C)c2c1C. The Labute approximate surface area is 110 Å². The average molecular weight is 244 g/mol. The molecule has 0 bridgehead atoms. The predicted octanol–water partition coefficient (Wildman–Crippen LogP) is 3.60. The van der Waals surface area contributed by atoms with Gasteiger partial charge in [0.05, 0.1) is 5.52 Å². The van der Waals surface area contributed by atoms with Crippen LogP contribution in [0.3, 0.4) is 0 Å². The van der Waals surface area contributed by atoms with Gasteiger partial charge in [0.15, 0.2) is 0 Å². The molecule has 18 heavy (non-hydrogen) atoms. The number of aryl methyl sites for hydroxylation is 4. The van der Waals surface area contributed by atoms with Crippen LogP contribution in [0.15, 0.2) is 12.1 Å². The lowest BCUT2D eigenvalue weighted by Crippen LogP contribution is -2.23. The van der Waals surface area contributed by atoms with Crippen LogP contribution in [0.2, 0.25) is 0 Å². The summed E-state index contributed by atoms with van der Waals surface area (Å²) < 4.78 is 2.35. The average Bonchev–Trinajstić information content (AvgIpc) is 2.54. The Morgan fingerprint density at radius 3 is 2.39 bits per heavy atom. The van der Waals surface area contributed by atoms with Crippen molar-refractivity contribution in [1.29, 1.82) is 0 Å². The number of fused-ring (bicyclic) bond motifs is 1. The van der Waals surface area contributed by atoms with Gasteiger partial charge in [-0.1, -0.05) is 26.0 Å². The van der Waals surface area contributed by atoms with E-state index in [0.29, 0.717) is 6.04 Å². The maximum atomic E-state index is 3.52. The van der Waals surface area contributed by atoms with E-state index in [2.05, 4.69) is 63.7 Å². The van der Waals surface area contributed by atoms with E-state index in [4.69, 9.17) is 0 Å². The van der Waals surface area contributed by atoms with E-state index in [0.717, 1.165) is 6.54 Å². The first-order valence-corrected chi connectivity index (χ1v) is 6.71.